The van der Waals surface area contributed by atoms with Crippen LogP contribution in [0.2, 0.25) is 0 Å². The number of fused-ring (bicyclic) bond motifs is 1. The van der Waals surface area contributed by atoms with E-state index in [-0.39, 0.29) is 19.0 Å². The molecule has 3 heterocycles. The van der Waals surface area contributed by atoms with Crippen LogP contribution in [-0.2, 0) is 9.53 Å². The molecule has 8 nitrogen and oxygen atoms in total. The molecule has 2 N–H and O–H groups in total. The number of nitriles is 1. The molecule has 2 aromatic heterocycles. The first-order valence-corrected chi connectivity index (χ1v) is 8.84. The van der Waals surface area contributed by atoms with Crippen molar-refractivity contribution >= 4 is 16.9 Å². The first-order valence-electron chi connectivity index (χ1n) is 8.84. The Balaban J connectivity index is 1.49. The Morgan fingerprint density at radius 2 is 2.00 bits per heavy atom. The molecule has 4 rings (SSSR count). The summed E-state index contributed by atoms with van der Waals surface area (Å²) < 4.78 is 47.3. The SMILES string of the molecule is N#Cc1cccc2c(-c3cnc(OC4CNCC4OC(=O)C(F)(F)F)cn3)c[nH]c12. The van der Waals surface area contributed by atoms with Crippen LogP contribution in [0.15, 0.2) is 36.8 Å². The highest BCUT2D eigenvalue weighted by molar-refractivity contribution is 5.97. The lowest BCUT2D eigenvalue weighted by atomic mass is 10.1. The second-order valence-electron chi connectivity index (χ2n) is 6.54. The number of carbonyl (C=O) groups is 1. The topological polar surface area (TPSA) is 113 Å². The van der Waals surface area contributed by atoms with Crippen LogP contribution in [0.5, 0.6) is 5.88 Å². The molecule has 154 valence electrons. The van der Waals surface area contributed by atoms with E-state index < -0.39 is 24.4 Å². The van der Waals surface area contributed by atoms with Crippen molar-refractivity contribution in [1.29, 1.82) is 5.26 Å². The van der Waals surface area contributed by atoms with E-state index in [0.717, 1.165) is 10.9 Å². The fourth-order valence-electron chi connectivity index (χ4n) is 3.20. The summed E-state index contributed by atoms with van der Waals surface area (Å²) in [4.78, 5) is 22.6. The third-order valence-electron chi connectivity index (χ3n) is 4.61. The quantitative estimate of drug-likeness (QED) is 0.627. The van der Waals surface area contributed by atoms with Crippen molar-refractivity contribution in [1.82, 2.24) is 20.3 Å². The molecular formula is C19H14F3N5O3. The first kappa shape index (κ1) is 19.7. The summed E-state index contributed by atoms with van der Waals surface area (Å²) in [6, 6.07) is 7.42. The Labute approximate surface area is 167 Å². The molecule has 1 aliphatic rings. The minimum atomic E-state index is -5.07. The van der Waals surface area contributed by atoms with Crippen molar-refractivity contribution in [2.45, 2.75) is 18.4 Å². The van der Waals surface area contributed by atoms with Gasteiger partial charge in [0.2, 0.25) is 5.88 Å². The molecule has 0 saturated carbocycles. The summed E-state index contributed by atoms with van der Waals surface area (Å²) in [5.41, 5.74) is 2.44. The summed E-state index contributed by atoms with van der Waals surface area (Å²) in [5.74, 6) is -2.18. The van der Waals surface area contributed by atoms with Crippen LogP contribution < -0.4 is 10.1 Å². The number of ether oxygens (including phenoxy) is 2. The molecule has 0 amide bonds. The fourth-order valence-corrected chi connectivity index (χ4v) is 3.20. The predicted molar refractivity (Wildman–Crippen MR) is 97.3 cm³/mol. The van der Waals surface area contributed by atoms with E-state index in [1.54, 1.807) is 18.3 Å². The zero-order valence-corrected chi connectivity index (χ0v) is 15.2. The second-order valence-corrected chi connectivity index (χ2v) is 6.54. The van der Waals surface area contributed by atoms with Gasteiger partial charge in [-0.05, 0) is 6.07 Å². The number of benzene rings is 1. The van der Waals surface area contributed by atoms with E-state index >= 15 is 0 Å². The van der Waals surface area contributed by atoms with Crippen LogP contribution >= 0.6 is 0 Å². The van der Waals surface area contributed by atoms with E-state index in [4.69, 9.17) is 4.74 Å². The molecule has 0 bridgehead atoms. The molecule has 1 aliphatic heterocycles. The van der Waals surface area contributed by atoms with Crippen molar-refractivity contribution in [3.63, 3.8) is 0 Å². The van der Waals surface area contributed by atoms with Crippen LogP contribution in [0.1, 0.15) is 5.56 Å². The number of hydrogen-bond acceptors (Lipinski definition) is 7. The van der Waals surface area contributed by atoms with Crippen LogP contribution in [-0.4, -0.2) is 52.4 Å². The lowest BCUT2D eigenvalue weighted by molar-refractivity contribution is -0.206. The monoisotopic (exact) mass is 417 g/mol. The number of aromatic nitrogens is 3. The summed E-state index contributed by atoms with van der Waals surface area (Å²) >= 11 is 0. The lowest BCUT2D eigenvalue weighted by Crippen LogP contribution is -2.38. The van der Waals surface area contributed by atoms with Gasteiger partial charge in [0.25, 0.3) is 0 Å². The molecule has 1 fully saturated rings. The lowest BCUT2D eigenvalue weighted by Gasteiger charge is -2.20. The van der Waals surface area contributed by atoms with Gasteiger partial charge >= 0.3 is 12.1 Å². The molecule has 0 aliphatic carbocycles. The number of carbonyl (C=O) groups excluding carboxylic acids is 1. The molecule has 3 aromatic rings. The third kappa shape index (κ3) is 3.77. The minimum absolute atomic E-state index is 0.0363. The molecule has 1 aromatic carbocycles. The molecule has 1 saturated heterocycles. The number of para-hydroxylation sites is 1. The van der Waals surface area contributed by atoms with Gasteiger partial charge < -0.3 is 19.8 Å². The van der Waals surface area contributed by atoms with Crippen molar-refractivity contribution < 1.29 is 27.4 Å². The normalized spacial score (nSPS) is 18.9. The molecular weight excluding hydrogens is 403 g/mol. The van der Waals surface area contributed by atoms with Gasteiger partial charge in [-0.2, -0.15) is 18.4 Å². The van der Waals surface area contributed by atoms with Crippen LogP contribution in [0, 0.1) is 11.3 Å². The van der Waals surface area contributed by atoms with Gasteiger partial charge in [-0.1, -0.05) is 12.1 Å². The summed E-state index contributed by atoms with van der Waals surface area (Å²) in [6.45, 7) is 0.229. The highest BCUT2D eigenvalue weighted by Gasteiger charge is 2.44. The van der Waals surface area contributed by atoms with Crippen LogP contribution in [0.25, 0.3) is 22.2 Å². The number of halogens is 3. The van der Waals surface area contributed by atoms with Crippen molar-refractivity contribution in [3.05, 3.63) is 42.4 Å². The molecule has 30 heavy (non-hydrogen) atoms. The highest BCUT2D eigenvalue weighted by atomic mass is 19.4. The van der Waals surface area contributed by atoms with Crippen molar-refractivity contribution in [3.8, 4) is 23.2 Å². The van der Waals surface area contributed by atoms with Gasteiger partial charge in [-0.3, -0.25) is 0 Å². The van der Waals surface area contributed by atoms with E-state index in [2.05, 4.69) is 31.1 Å². The smallest absolute Gasteiger partial charge is 0.468 e. The zero-order valence-electron chi connectivity index (χ0n) is 15.2. The van der Waals surface area contributed by atoms with E-state index in [1.165, 1.54) is 12.4 Å². The standard InChI is InChI=1S/C19H14F3N5O3/c20-19(21,22)18(28)30-15-8-24-7-14(15)29-16-9-25-13(6-26-16)12-5-27-17-10(4-23)2-1-3-11(12)17/h1-3,5-6,9,14-15,24,27H,7-8H2. The summed E-state index contributed by atoms with van der Waals surface area (Å²) in [6.07, 6.45) is -2.50. The number of hydrogen-bond donors (Lipinski definition) is 2. The van der Waals surface area contributed by atoms with Gasteiger partial charge in [-0.15, -0.1) is 0 Å². The van der Waals surface area contributed by atoms with Crippen LogP contribution in [0.4, 0.5) is 13.2 Å². The molecule has 2 atom stereocenters. The molecule has 0 spiro atoms. The van der Waals surface area contributed by atoms with Crippen LogP contribution in [0.3, 0.4) is 0 Å². The summed E-state index contributed by atoms with van der Waals surface area (Å²) in [7, 11) is 0. The average Bonchev–Trinajstić information content (AvgIpc) is 3.35. The Hall–Kier alpha value is -3.65. The second kappa shape index (κ2) is 7.64. The van der Waals surface area contributed by atoms with Gasteiger partial charge in [0.1, 0.15) is 6.07 Å². The van der Waals surface area contributed by atoms with Crippen molar-refractivity contribution in [2.75, 3.05) is 13.1 Å². The Morgan fingerprint density at radius 3 is 2.70 bits per heavy atom. The maximum absolute atomic E-state index is 12.4. The zero-order chi connectivity index (χ0) is 21.3. The highest BCUT2D eigenvalue weighted by Crippen LogP contribution is 2.29. The Kier molecular flexibility index (Phi) is 5.01. The van der Waals surface area contributed by atoms with E-state index in [9.17, 15) is 23.2 Å². The average molecular weight is 417 g/mol. The van der Waals surface area contributed by atoms with E-state index in [0.29, 0.717) is 16.8 Å². The minimum Gasteiger partial charge on any atom is -0.468 e. The number of H-pyrrole nitrogens is 1. The largest absolute Gasteiger partial charge is 0.490 e. The van der Waals surface area contributed by atoms with Crippen molar-refractivity contribution in [2.24, 2.45) is 0 Å². The third-order valence-corrected chi connectivity index (χ3v) is 4.61. The summed E-state index contributed by atoms with van der Waals surface area (Å²) in [5, 5.41) is 12.8. The van der Waals surface area contributed by atoms with Gasteiger partial charge in [-0.25, -0.2) is 14.8 Å². The Morgan fingerprint density at radius 1 is 1.20 bits per heavy atom. The first-order chi connectivity index (χ1) is 14.4. The fraction of sp³-hybridized carbons (Fsp3) is 0.263. The van der Waals surface area contributed by atoms with Gasteiger partial charge in [0, 0.05) is 30.2 Å². The maximum atomic E-state index is 12.4. The number of nitrogens with zero attached hydrogens (tertiary/aromatic N) is 3. The number of nitrogens with one attached hydrogen (secondary N) is 2. The van der Waals surface area contributed by atoms with E-state index in [1.807, 2.05) is 6.07 Å². The maximum Gasteiger partial charge on any atom is 0.490 e. The van der Waals surface area contributed by atoms with Gasteiger partial charge in [0.05, 0.1) is 29.2 Å². The Bertz CT molecular complexity index is 1120. The number of rotatable bonds is 4. The molecule has 2 unspecified atom stereocenters. The number of alkyl halides is 3. The van der Waals surface area contributed by atoms with Gasteiger partial charge in [0.15, 0.2) is 12.2 Å². The molecule has 0 radical (unpaired) electrons. The number of esters is 1. The predicted octanol–water partition coefficient (Wildman–Crippen LogP) is 2.32. The molecule has 11 heteroatoms. The number of aromatic amines is 1.